The Morgan fingerprint density at radius 1 is 1.57 bits per heavy atom. The summed E-state index contributed by atoms with van der Waals surface area (Å²) in [6, 6.07) is 0.221. The number of nitrogens with one attached hydrogen (secondary N) is 1. The number of rotatable bonds is 3. The van der Waals surface area contributed by atoms with E-state index in [1.54, 1.807) is 6.92 Å². The van der Waals surface area contributed by atoms with Gasteiger partial charge in [0.2, 0.25) is 5.91 Å². The minimum absolute atomic E-state index is 0.207. The molecule has 1 aliphatic rings. The van der Waals surface area contributed by atoms with Crippen LogP contribution < -0.4 is 11.1 Å². The summed E-state index contributed by atoms with van der Waals surface area (Å²) >= 11 is 0. The van der Waals surface area contributed by atoms with Crippen LogP contribution in [0.25, 0.3) is 0 Å². The van der Waals surface area contributed by atoms with Crippen molar-refractivity contribution in [2.75, 3.05) is 20.1 Å². The van der Waals surface area contributed by atoms with Crippen molar-refractivity contribution in [3.8, 4) is 0 Å². The number of nitrogens with two attached hydrogens (primary N) is 1. The standard InChI is InChI=1S/C8H17N3O.C2H6/c1-6(8(9)12)10-7-3-4-11(2)5-7;1-2/h6-7,10H,3-5H2,1-2H3,(H2,9,12);1-2H3. The number of carbonyl (C=O) groups excluding carboxylic acids is 1. The summed E-state index contributed by atoms with van der Waals surface area (Å²) in [5.74, 6) is -0.274. The Balaban J connectivity index is 0.000000791. The second kappa shape index (κ2) is 6.79. The Bertz CT molecular complexity index is 173. The molecule has 1 rings (SSSR count). The summed E-state index contributed by atoms with van der Waals surface area (Å²) in [5.41, 5.74) is 5.13. The van der Waals surface area contributed by atoms with Crippen molar-refractivity contribution in [1.29, 1.82) is 0 Å². The fourth-order valence-corrected chi connectivity index (χ4v) is 1.51. The molecule has 0 bridgehead atoms. The predicted octanol–water partition coefficient (Wildman–Crippen LogP) is 0.180. The number of likely N-dealkylation sites (tertiary alicyclic amines) is 1. The van der Waals surface area contributed by atoms with Crippen molar-refractivity contribution in [2.24, 2.45) is 5.73 Å². The highest BCUT2D eigenvalue weighted by Crippen LogP contribution is 2.06. The lowest BCUT2D eigenvalue weighted by atomic mass is 10.2. The fourth-order valence-electron chi connectivity index (χ4n) is 1.51. The molecule has 2 atom stereocenters. The van der Waals surface area contributed by atoms with Gasteiger partial charge in [0.15, 0.2) is 0 Å². The molecule has 0 aromatic rings. The van der Waals surface area contributed by atoms with Crippen LogP contribution in [-0.2, 0) is 4.79 Å². The molecular formula is C10H23N3O. The van der Waals surface area contributed by atoms with E-state index < -0.39 is 0 Å². The maximum atomic E-state index is 10.7. The third-order valence-electron chi connectivity index (χ3n) is 2.30. The molecule has 0 aromatic heterocycles. The van der Waals surface area contributed by atoms with Crippen LogP contribution in [-0.4, -0.2) is 43.0 Å². The minimum Gasteiger partial charge on any atom is -0.368 e. The van der Waals surface area contributed by atoms with E-state index in [4.69, 9.17) is 5.73 Å². The summed E-state index contributed by atoms with van der Waals surface area (Å²) in [6.45, 7) is 7.92. The van der Waals surface area contributed by atoms with E-state index in [1.165, 1.54) is 0 Å². The van der Waals surface area contributed by atoms with Gasteiger partial charge in [0.25, 0.3) is 0 Å². The summed E-state index contributed by atoms with van der Waals surface area (Å²) in [7, 11) is 2.08. The number of amides is 1. The van der Waals surface area contributed by atoms with Crippen molar-refractivity contribution < 1.29 is 4.79 Å². The third-order valence-corrected chi connectivity index (χ3v) is 2.30. The Labute approximate surface area is 86.8 Å². The van der Waals surface area contributed by atoms with Crippen LogP contribution in [0.15, 0.2) is 0 Å². The van der Waals surface area contributed by atoms with E-state index in [2.05, 4.69) is 17.3 Å². The van der Waals surface area contributed by atoms with Gasteiger partial charge < -0.3 is 16.0 Å². The minimum atomic E-state index is -0.274. The zero-order chi connectivity index (χ0) is 11.1. The highest BCUT2D eigenvalue weighted by Gasteiger charge is 2.21. The highest BCUT2D eigenvalue weighted by atomic mass is 16.1. The molecule has 84 valence electrons. The zero-order valence-electron chi connectivity index (χ0n) is 9.71. The fraction of sp³-hybridized carbons (Fsp3) is 0.900. The Hall–Kier alpha value is -0.610. The van der Waals surface area contributed by atoms with E-state index >= 15 is 0 Å². The largest absolute Gasteiger partial charge is 0.368 e. The van der Waals surface area contributed by atoms with Gasteiger partial charge in [-0.2, -0.15) is 0 Å². The third kappa shape index (κ3) is 4.58. The first-order valence-electron chi connectivity index (χ1n) is 5.33. The number of nitrogens with zero attached hydrogens (tertiary/aromatic N) is 1. The van der Waals surface area contributed by atoms with E-state index in [1.807, 2.05) is 13.8 Å². The average Bonchev–Trinajstić information content (AvgIpc) is 2.54. The summed E-state index contributed by atoms with van der Waals surface area (Å²) in [4.78, 5) is 13.0. The second-order valence-corrected chi connectivity index (χ2v) is 3.54. The Morgan fingerprint density at radius 3 is 2.50 bits per heavy atom. The van der Waals surface area contributed by atoms with Gasteiger partial charge in [0, 0.05) is 12.6 Å². The molecule has 1 aliphatic heterocycles. The number of primary amides is 1. The van der Waals surface area contributed by atoms with Crippen LogP contribution in [0.3, 0.4) is 0 Å². The number of hydrogen-bond donors (Lipinski definition) is 2. The highest BCUT2D eigenvalue weighted by molar-refractivity contribution is 5.79. The number of hydrogen-bond acceptors (Lipinski definition) is 3. The molecular weight excluding hydrogens is 178 g/mol. The van der Waals surface area contributed by atoms with Gasteiger partial charge in [-0.1, -0.05) is 13.8 Å². The molecule has 1 amide bonds. The first-order chi connectivity index (χ1) is 6.59. The average molecular weight is 201 g/mol. The second-order valence-electron chi connectivity index (χ2n) is 3.54. The Kier molecular flexibility index (Phi) is 6.49. The molecule has 0 spiro atoms. The van der Waals surface area contributed by atoms with E-state index in [0.29, 0.717) is 6.04 Å². The van der Waals surface area contributed by atoms with Gasteiger partial charge in [-0.15, -0.1) is 0 Å². The molecule has 3 N–H and O–H groups in total. The maximum absolute atomic E-state index is 10.7. The van der Waals surface area contributed by atoms with Crippen LogP contribution in [0.5, 0.6) is 0 Å². The molecule has 2 unspecified atom stereocenters. The molecule has 4 heteroatoms. The van der Waals surface area contributed by atoms with Crippen molar-refractivity contribution in [1.82, 2.24) is 10.2 Å². The van der Waals surface area contributed by atoms with Gasteiger partial charge in [-0.05, 0) is 26.9 Å². The first kappa shape index (κ1) is 13.4. The van der Waals surface area contributed by atoms with Crippen LogP contribution in [0.4, 0.5) is 0 Å². The van der Waals surface area contributed by atoms with Crippen molar-refractivity contribution in [2.45, 2.75) is 39.3 Å². The molecule has 0 saturated carbocycles. The molecule has 1 heterocycles. The molecule has 0 aliphatic carbocycles. The van der Waals surface area contributed by atoms with E-state index in [0.717, 1.165) is 19.5 Å². The molecule has 14 heavy (non-hydrogen) atoms. The van der Waals surface area contributed by atoms with Crippen LogP contribution in [0, 0.1) is 0 Å². The summed E-state index contributed by atoms with van der Waals surface area (Å²) in [5, 5.41) is 3.19. The summed E-state index contributed by atoms with van der Waals surface area (Å²) < 4.78 is 0. The normalized spacial score (nSPS) is 23.9. The van der Waals surface area contributed by atoms with Gasteiger partial charge in [-0.25, -0.2) is 0 Å². The molecule has 1 saturated heterocycles. The lowest BCUT2D eigenvalue weighted by molar-refractivity contribution is -0.119. The molecule has 0 aromatic carbocycles. The number of likely N-dealkylation sites (N-methyl/N-ethyl adjacent to an activating group) is 1. The van der Waals surface area contributed by atoms with Gasteiger partial charge in [0.05, 0.1) is 6.04 Å². The molecule has 0 radical (unpaired) electrons. The molecule has 4 nitrogen and oxygen atoms in total. The summed E-state index contributed by atoms with van der Waals surface area (Å²) in [6.07, 6.45) is 1.11. The number of carbonyl (C=O) groups is 1. The van der Waals surface area contributed by atoms with Crippen LogP contribution in [0.1, 0.15) is 27.2 Å². The van der Waals surface area contributed by atoms with Crippen molar-refractivity contribution in [3.63, 3.8) is 0 Å². The predicted molar refractivity (Wildman–Crippen MR) is 59.0 cm³/mol. The monoisotopic (exact) mass is 201 g/mol. The Morgan fingerprint density at radius 2 is 2.14 bits per heavy atom. The lowest BCUT2D eigenvalue weighted by Gasteiger charge is -2.16. The first-order valence-corrected chi connectivity index (χ1v) is 5.33. The van der Waals surface area contributed by atoms with Crippen LogP contribution in [0.2, 0.25) is 0 Å². The van der Waals surface area contributed by atoms with Gasteiger partial charge in [0.1, 0.15) is 0 Å². The topological polar surface area (TPSA) is 58.4 Å². The smallest absolute Gasteiger partial charge is 0.234 e. The SMILES string of the molecule is CC.CC(NC1CCN(C)C1)C(N)=O. The zero-order valence-corrected chi connectivity index (χ0v) is 9.71. The van der Waals surface area contributed by atoms with E-state index in [-0.39, 0.29) is 11.9 Å². The van der Waals surface area contributed by atoms with E-state index in [9.17, 15) is 4.79 Å². The lowest BCUT2D eigenvalue weighted by Crippen LogP contribution is -2.45. The van der Waals surface area contributed by atoms with Crippen molar-refractivity contribution >= 4 is 5.91 Å². The quantitative estimate of drug-likeness (QED) is 0.685. The van der Waals surface area contributed by atoms with Gasteiger partial charge in [-0.3, -0.25) is 4.79 Å². The van der Waals surface area contributed by atoms with Gasteiger partial charge >= 0.3 is 0 Å². The van der Waals surface area contributed by atoms with Crippen molar-refractivity contribution in [3.05, 3.63) is 0 Å². The maximum Gasteiger partial charge on any atom is 0.234 e. The molecule has 1 fully saturated rings. The van der Waals surface area contributed by atoms with Crippen LogP contribution >= 0.6 is 0 Å².